The van der Waals surface area contributed by atoms with Crippen molar-refractivity contribution in [1.82, 2.24) is 14.8 Å². The molecule has 0 spiro atoms. The Labute approximate surface area is 148 Å². The Morgan fingerprint density at radius 3 is 2.56 bits per heavy atom. The van der Waals surface area contributed by atoms with Crippen molar-refractivity contribution in [3.05, 3.63) is 78.1 Å². The average molecular weight is 327 g/mol. The van der Waals surface area contributed by atoms with E-state index >= 15 is 0 Å². The first kappa shape index (κ1) is 15.6. The third-order valence-corrected chi connectivity index (χ3v) is 4.61. The lowest BCUT2D eigenvalue weighted by molar-refractivity contribution is 0.809. The van der Waals surface area contributed by atoms with Gasteiger partial charge in [-0.2, -0.15) is 5.10 Å². The summed E-state index contributed by atoms with van der Waals surface area (Å²) in [4.78, 5) is 4.82. The van der Waals surface area contributed by atoms with E-state index in [1.54, 1.807) is 0 Å². The van der Waals surface area contributed by atoms with Crippen LogP contribution >= 0.6 is 0 Å². The normalized spacial score (nSPS) is 11.4. The first-order valence-corrected chi connectivity index (χ1v) is 8.64. The highest BCUT2D eigenvalue weighted by Gasteiger charge is 2.11. The van der Waals surface area contributed by atoms with Crippen LogP contribution in [0.5, 0.6) is 0 Å². The largest absolute Gasteiger partial charge is 0.248 e. The van der Waals surface area contributed by atoms with Crippen molar-refractivity contribution in [3.8, 4) is 16.9 Å². The predicted molar refractivity (Wildman–Crippen MR) is 103 cm³/mol. The fourth-order valence-electron chi connectivity index (χ4n) is 3.27. The SMILES string of the molecule is Cc1cc(-c2cnn(-c3ccccc3C(C)C)c2)nc2ccccc12. The zero-order valence-electron chi connectivity index (χ0n) is 14.8. The van der Waals surface area contributed by atoms with Gasteiger partial charge in [0.2, 0.25) is 0 Å². The predicted octanol–water partition coefficient (Wildman–Crippen LogP) is 5.52. The van der Waals surface area contributed by atoms with Crippen molar-refractivity contribution in [2.75, 3.05) is 0 Å². The average Bonchev–Trinajstić information content (AvgIpc) is 3.12. The number of fused-ring (bicyclic) bond motifs is 1. The molecule has 0 saturated carbocycles. The number of pyridine rings is 1. The summed E-state index contributed by atoms with van der Waals surface area (Å²) < 4.78 is 1.96. The van der Waals surface area contributed by atoms with Gasteiger partial charge < -0.3 is 0 Å². The molecular weight excluding hydrogens is 306 g/mol. The third-order valence-electron chi connectivity index (χ3n) is 4.61. The van der Waals surface area contributed by atoms with Crippen LogP contribution in [0.25, 0.3) is 27.8 Å². The topological polar surface area (TPSA) is 30.7 Å². The van der Waals surface area contributed by atoms with Crippen LogP contribution in [-0.2, 0) is 0 Å². The number of aryl methyl sites for hydroxylation is 1. The Morgan fingerprint density at radius 1 is 0.960 bits per heavy atom. The lowest BCUT2D eigenvalue weighted by Gasteiger charge is -2.12. The second-order valence-corrected chi connectivity index (χ2v) is 6.73. The zero-order chi connectivity index (χ0) is 17.4. The fourth-order valence-corrected chi connectivity index (χ4v) is 3.27. The molecule has 0 aliphatic carbocycles. The van der Waals surface area contributed by atoms with Crippen molar-refractivity contribution in [1.29, 1.82) is 0 Å². The Balaban J connectivity index is 1.80. The standard InChI is InChI=1S/C22H21N3/c1-15(2)18-8-5-7-11-22(18)25-14-17(13-23-25)21-12-16(3)19-9-4-6-10-20(19)24-21/h4-15H,1-3H3. The van der Waals surface area contributed by atoms with E-state index in [4.69, 9.17) is 4.98 Å². The first-order valence-electron chi connectivity index (χ1n) is 8.64. The number of aromatic nitrogens is 3. The quantitative estimate of drug-likeness (QED) is 0.496. The maximum atomic E-state index is 4.82. The van der Waals surface area contributed by atoms with Crippen LogP contribution in [-0.4, -0.2) is 14.8 Å². The smallest absolute Gasteiger partial charge is 0.0744 e. The minimum absolute atomic E-state index is 0.449. The minimum atomic E-state index is 0.449. The highest BCUT2D eigenvalue weighted by atomic mass is 15.3. The van der Waals surface area contributed by atoms with Crippen LogP contribution < -0.4 is 0 Å². The van der Waals surface area contributed by atoms with E-state index in [2.05, 4.69) is 80.6 Å². The molecule has 0 radical (unpaired) electrons. The molecule has 3 heteroatoms. The molecule has 0 aliphatic heterocycles. The summed E-state index contributed by atoms with van der Waals surface area (Å²) in [6.45, 7) is 6.54. The van der Waals surface area contributed by atoms with Gasteiger partial charge in [-0.15, -0.1) is 0 Å². The molecule has 4 rings (SSSR count). The molecule has 0 aliphatic rings. The number of hydrogen-bond donors (Lipinski definition) is 0. The van der Waals surface area contributed by atoms with Gasteiger partial charge in [-0.25, -0.2) is 9.67 Å². The van der Waals surface area contributed by atoms with Crippen molar-refractivity contribution in [3.63, 3.8) is 0 Å². The molecule has 0 fully saturated rings. The van der Waals surface area contributed by atoms with Gasteiger partial charge in [-0.1, -0.05) is 50.2 Å². The summed E-state index contributed by atoms with van der Waals surface area (Å²) >= 11 is 0. The highest BCUT2D eigenvalue weighted by molar-refractivity contribution is 5.84. The summed E-state index contributed by atoms with van der Waals surface area (Å²) in [5.74, 6) is 0.449. The molecule has 0 amide bonds. The summed E-state index contributed by atoms with van der Waals surface area (Å²) in [5.41, 5.74) is 6.67. The first-order chi connectivity index (χ1) is 12.1. The lowest BCUT2D eigenvalue weighted by Crippen LogP contribution is -2.01. The Kier molecular flexibility index (Phi) is 3.85. The number of para-hydroxylation sites is 2. The molecule has 2 aromatic carbocycles. The molecule has 3 nitrogen and oxygen atoms in total. The maximum absolute atomic E-state index is 4.82. The van der Waals surface area contributed by atoms with E-state index in [1.807, 2.05) is 16.9 Å². The molecule has 2 aromatic heterocycles. The zero-order valence-corrected chi connectivity index (χ0v) is 14.8. The van der Waals surface area contributed by atoms with Crippen LogP contribution in [0.2, 0.25) is 0 Å². The third kappa shape index (κ3) is 2.82. The van der Waals surface area contributed by atoms with Gasteiger partial charge in [0, 0.05) is 17.1 Å². The number of hydrogen-bond acceptors (Lipinski definition) is 2. The van der Waals surface area contributed by atoms with Gasteiger partial charge in [0.15, 0.2) is 0 Å². The molecule has 0 bridgehead atoms. The van der Waals surface area contributed by atoms with Gasteiger partial charge in [-0.05, 0) is 42.2 Å². The van der Waals surface area contributed by atoms with Gasteiger partial charge >= 0.3 is 0 Å². The van der Waals surface area contributed by atoms with Crippen LogP contribution in [0, 0.1) is 6.92 Å². The summed E-state index contributed by atoms with van der Waals surface area (Å²) in [6.07, 6.45) is 3.96. The Bertz CT molecular complexity index is 1040. The second-order valence-electron chi connectivity index (χ2n) is 6.73. The minimum Gasteiger partial charge on any atom is -0.248 e. The Hall–Kier alpha value is -2.94. The molecule has 0 N–H and O–H groups in total. The second kappa shape index (κ2) is 6.17. The highest BCUT2D eigenvalue weighted by Crippen LogP contribution is 2.27. The van der Waals surface area contributed by atoms with Gasteiger partial charge in [0.05, 0.1) is 23.1 Å². The molecule has 2 heterocycles. The van der Waals surface area contributed by atoms with E-state index in [0.717, 1.165) is 22.5 Å². The maximum Gasteiger partial charge on any atom is 0.0744 e. The fraction of sp³-hybridized carbons (Fsp3) is 0.182. The van der Waals surface area contributed by atoms with E-state index in [0.29, 0.717) is 5.92 Å². The number of rotatable bonds is 3. The van der Waals surface area contributed by atoms with E-state index in [9.17, 15) is 0 Å². The molecular formula is C22H21N3. The lowest BCUT2D eigenvalue weighted by atomic mass is 10.0. The molecule has 0 atom stereocenters. The van der Waals surface area contributed by atoms with Crippen LogP contribution in [0.4, 0.5) is 0 Å². The summed E-state index contributed by atoms with van der Waals surface area (Å²) in [5, 5.41) is 5.79. The van der Waals surface area contributed by atoms with Crippen molar-refractivity contribution in [2.45, 2.75) is 26.7 Å². The monoisotopic (exact) mass is 327 g/mol. The number of nitrogens with zero attached hydrogens (tertiary/aromatic N) is 3. The van der Waals surface area contributed by atoms with Gasteiger partial charge in [-0.3, -0.25) is 0 Å². The Morgan fingerprint density at radius 2 is 1.72 bits per heavy atom. The summed E-state index contributed by atoms with van der Waals surface area (Å²) in [7, 11) is 0. The number of benzene rings is 2. The van der Waals surface area contributed by atoms with Crippen LogP contribution in [0.15, 0.2) is 67.0 Å². The molecule has 4 aromatic rings. The van der Waals surface area contributed by atoms with Crippen LogP contribution in [0.3, 0.4) is 0 Å². The summed E-state index contributed by atoms with van der Waals surface area (Å²) in [6, 6.07) is 18.8. The molecule has 25 heavy (non-hydrogen) atoms. The molecule has 0 unspecified atom stereocenters. The van der Waals surface area contributed by atoms with Gasteiger partial charge in [0.25, 0.3) is 0 Å². The van der Waals surface area contributed by atoms with Crippen molar-refractivity contribution >= 4 is 10.9 Å². The molecule has 124 valence electrons. The van der Waals surface area contributed by atoms with Crippen molar-refractivity contribution in [2.24, 2.45) is 0 Å². The van der Waals surface area contributed by atoms with Crippen LogP contribution in [0.1, 0.15) is 30.9 Å². The van der Waals surface area contributed by atoms with E-state index < -0.39 is 0 Å². The van der Waals surface area contributed by atoms with E-state index in [1.165, 1.54) is 16.5 Å². The van der Waals surface area contributed by atoms with E-state index in [-0.39, 0.29) is 0 Å². The van der Waals surface area contributed by atoms with Crippen molar-refractivity contribution < 1.29 is 0 Å². The van der Waals surface area contributed by atoms with Gasteiger partial charge in [0.1, 0.15) is 0 Å². The molecule has 0 saturated heterocycles.